The number of phenolic OH excluding ortho intramolecular Hbond substituents is 1. The van der Waals surface area contributed by atoms with Crippen molar-refractivity contribution in [2.24, 2.45) is 0 Å². The molecule has 0 saturated carbocycles. The molecular weight excluding hydrogens is 176 g/mol. The van der Waals surface area contributed by atoms with Gasteiger partial charge in [0, 0.05) is 18.8 Å². The van der Waals surface area contributed by atoms with Gasteiger partial charge >= 0.3 is 0 Å². The summed E-state index contributed by atoms with van der Waals surface area (Å²) in [5.74, 6) is 1.07. The van der Waals surface area contributed by atoms with Crippen LogP contribution < -0.4 is 0 Å². The van der Waals surface area contributed by atoms with Gasteiger partial charge in [-0.05, 0) is 23.8 Å². The fraction of sp³-hybridized carbons (Fsp3) is 0.0909. The number of aromatic hydroxyl groups is 1. The van der Waals surface area contributed by atoms with E-state index in [1.165, 1.54) is 0 Å². The summed E-state index contributed by atoms with van der Waals surface area (Å²) in [6.45, 7) is 0. The van der Waals surface area contributed by atoms with Gasteiger partial charge in [-0.3, -0.25) is 0 Å². The lowest BCUT2D eigenvalue weighted by atomic mass is 10.1. The molecule has 14 heavy (non-hydrogen) atoms. The van der Waals surface area contributed by atoms with Crippen molar-refractivity contribution in [3.05, 3.63) is 54.1 Å². The Balaban J connectivity index is 2.16. The number of rotatable bonds is 2. The van der Waals surface area contributed by atoms with Gasteiger partial charge in [-0.1, -0.05) is 12.1 Å². The van der Waals surface area contributed by atoms with E-state index >= 15 is 0 Å². The highest BCUT2D eigenvalue weighted by Gasteiger charge is 1.97. The Labute approximate surface area is 82.1 Å². The van der Waals surface area contributed by atoms with Crippen LogP contribution >= 0.6 is 0 Å². The van der Waals surface area contributed by atoms with Crippen molar-refractivity contribution in [3.8, 4) is 5.75 Å². The van der Waals surface area contributed by atoms with Gasteiger partial charge in [0.15, 0.2) is 0 Å². The van der Waals surface area contributed by atoms with Gasteiger partial charge in [0.1, 0.15) is 11.6 Å². The van der Waals surface area contributed by atoms with Crippen molar-refractivity contribution >= 4 is 0 Å². The molecule has 1 N–H and O–H groups in total. The second-order valence-electron chi connectivity index (χ2n) is 3.01. The molecule has 3 nitrogen and oxygen atoms in total. The topological polar surface area (TPSA) is 46.0 Å². The summed E-state index contributed by atoms with van der Waals surface area (Å²) < 4.78 is 0. The second-order valence-corrected chi connectivity index (χ2v) is 3.01. The SMILES string of the molecule is Oc1ccc(Cc2ncccn2)cc1. The predicted octanol–water partition coefficient (Wildman–Crippen LogP) is 1.77. The number of aromatic nitrogens is 2. The Bertz CT molecular complexity index is 397. The maximum Gasteiger partial charge on any atom is 0.132 e. The summed E-state index contributed by atoms with van der Waals surface area (Å²) in [6, 6.07) is 8.86. The van der Waals surface area contributed by atoms with E-state index in [9.17, 15) is 0 Å². The molecule has 1 heterocycles. The second kappa shape index (κ2) is 3.87. The first-order valence-electron chi connectivity index (χ1n) is 4.38. The number of hydrogen-bond acceptors (Lipinski definition) is 3. The van der Waals surface area contributed by atoms with E-state index in [4.69, 9.17) is 5.11 Å². The largest absolute Gasteiger partial charge is 0.508 e. The van der Waals surface area contributed by atoms with Crippen LogP contribution in [0.15, 0.2) is 42.7 Å². The normalized spacial score (nSPS) is 10.0. The average molecular weight is 186 g/mol. The lowest BCUT2D eigenvalue weighted by molar-refractivity contribution is 0.475. The summed E-state index contributed by atoms with van der Waals surface area (Å²) in [5, 5.41) is 9.09. The molecule has 2 aromatic rings. The Morgan fingerprint density at radius 3 is 2.29 bits per heavy atom. The van der Waals surface area contributed by atoms with Gasteiger partial charge in [0.05, 0.1) is 0 Å². The summed E-state index contributed by atoms with van der Waals surface area (Å²) in [7, 11) is 0. The molecule has 0 atom stereocenters. The fourth-order valence-electron chi connectivity index (χ4n) is 1.22. The standard InChI is InChI=1S/C11H10N2O/c14-10-4-2-9(3-5-10)8-11-12-6-1-7-13-11/h1-7,14H,8H2. The number of hydrogen-bond donors (Lipinski definition) is 1. The molecule has 0 fully saturated rings. The first-order valence-corrected chi connectivity index (χ1v) is 4.38. The van der Waals surface area contributed by atoms with E-state index in [1.54, 1.807) is 30.6 Å². The van der Waals surface area contributed by atoms with E-state index in [1.807, 2.05) is 12.1 Å². The van der Waals surface area contributed by atoms with Crippen LogP contribution in [0, 0.1) is 0 Å². The molecule has 0 unspecified atom stereocenters. The minimum atomic E-state index is 0.280. The third-order valence-electron chi connectivity index (χ3n) is 1.92. The van der Waals surface area contributed by atoms with E-state index < -0.39 is 0 Å². The van der Waals surface area contributed by atoms with Crippen LogP contribution in [0.2, 0.25) is 0 Å². The molecule has 0 aliphatic rings. The Morgan fingerprint density at radius 2 is 1.64 bits per heavy atom. The van der Waals surface area contributed by atoms with Gasteiger partial charge in [-0.25, -0.2) is 9.97 Å². The van der Waals surface area contributed by atoms with Gasteiger partial charge in [-0.15, -0.1) is 0 Å². The molecule has 0 aliphatic carbocycles. The lowest BCUT2D eigenvalue weighted by Gasteiger charge is -1.99. The minimum Gasteiger partial charge on any atom is -0.508 e. The van der Waals surface area contributed by atoms with E-state index in [2.05, 4.69) is 9.97 Å². The zero-order valence-corrected chi connectivity index (χ0v) is 7.59. The number of phenols is 1. The number of benzene rings is 1. The third kappa shape index (κ3) is 2.07. The molecule has 1 aromatic heterocycles. The Hall–Kier alpha value is -1.90. The van der Waals surface area contributed by atoms with Crippen molar-refractivity contribution in [2.75, 3.05) is 0 Å². The van der Waals surface area contributed by atoms with Gasteiger partial charge in [0.2, 0.25) is 0 Å². The maximum absolute atomic E-state index is 9.09. The van der Waals surface area contributed by atoms with Crippen molar-refractivity contribution in [2.45, 2.75) is 6.42 Å². The highest BCUT2D eigenvalue weighted by molar-refractivity contribution is 5.27. The first-order chi connectivity index (χ1) is 6.84. The molecule has 0 radical (unpaired) electrons. The molecule has 70 valence electrons. The van der Waals surface area contributed by atoms with E-state index in [-0.39, 0.29) is 5.75 Å². The smallest absolute Gasteiger partial charge is 0.132 e. The molecule has 3 heteroatoms. The van der Waals surface area contributed by atoms with Gasteiger partial charge < -0.3 is 5.11 Å². The van der Waals surface area contributed by atoms with Gasteiger partial charge in [0.25, 0.3) is 0 Å². The molecule has 2 rings (SSSR count). The van der Waals surface area contributed by atoms with Crippen LogP contribution in [0.25, 0.3) is 0 Å². The fourth-order valence-corrected chi connectivity index (χ4v) is 1.22. The van der Waals surface area contributed by atoms with Gasteiger partial charge in [-0.2, -0.15) is 0 Å². The average Bonchev–Trinajstić information content (AvgIpc) is 2.23. The van der Waals surface area contributed by atoms with E-state index in [0.29, 0.717) is 6.42 Å². The van der Waals surface area contributed by atoms with Crippen molar-refractivity contribution in [1.29, 1.82) is 0 Å². The molecular formula is C11H10N2O. The molecule has 0 aliphatic heterocycles. The summed E-state index contributed by atoms with van der Waals surface area (Å²) in [5.41, 5.74) is 1.09. The summed E-state index contributed by atoms with van der Waals surface area (Å²) in [6.07, 6.45) is 4.15. The minimum absolute atomic E-state index is 0.280. The summed E-state index contributed by atoms with van der Waals surface area (Å²) in [4.78, 5) is 8.25. The maximum atomic E-state index is 9.09. The summed E-state index contributed by atoms with van der Waals surface area (Å²) >= 11 is 0. The van der Waals surface area contributed by atoms with Crippen LogP contribution in [0.1, 0.15) is 11.4 Å². The monoisotopic (exact) mass is 186 g/mol. The first kappa shape index (κ1) is 8.69. The molecule has 0 amide bonds. The number of nitrogens with zero attached hydrogens (tertiary/aromatic N) is 2. The zero-order valence-electron chi connectivity index (χ0n) is 7.59. The van der Waals surface area contributed by atoms with E-state index in [0.717, 1.165) is 11.4 Å². The van der Waals surface area contributed by atoms with Crippen molar-refractivity contribution in [3.63, 3.8) is 0 Å². The molecule has 0 saturated heterocycles. The third-order valence-corrected chi connectivity index (χ3v) is 1.92. The molecule has 1 aromatic carbocycles. The zero-order chi connectivity index (χ0) is 9.80. The van der Waals surface area contributed by atoms with Crippen LogP contribution in [0.3, 0.4) is 0 Å². The van der Waals surface area contributed by atoms with Crippen LogP contribution in [0.5, 0.6) is 5.75 Å². The highest BCUT2D eigenvalue weighted by atomic mass is 16.3. The van der Waals surface area contributed by atoms with Crippen LogP contribution in [-0.2, 0) is 6.42 Å². The highest BCUT2D eigenvalue weighted by Crippen LogP contribution is 2.11. The Kier molecular flexibility index (Phi) is 2.40. The Morgan fingerprint density at radius 1 is 1.00 bits per heavy atom. The lowest BCUT2D eigenvalue weighted by Crippen LogP contribution is -1.94. The molecule has 0 bridgehead atoms. The quantitative estimate of drug-likeness (QED) is 0.777. The van der Waals surface area contributed by atoms with Crippen molar-refractivity contribution in [1.82, 2.24) is 9.97 Å². The predicted molar refractivity (Wildman–Crippen MR) is 52.9 cm³/mol. The molecule has 0 spiro atoms. The van der Waals surface area contributed by atoms with Crippen LogP contribution in [-0.4, -0.2) is 15.1 Å². The van der Waals surface area contributed by atoms with Crippen LogP contribution in [0.4, 0.5) is 0 Å². The van der Waals surface area contributed by atoms with Crippen molar-refractivity contribution < 1.29 is 5.11 Å².